The molecule has 0 aliphatic carbocycles. The van der Waals surface area contributed by atoms with E-state index < -0.39 is 0 Å². The number of nitrogens with one attached hydrogen (secondary N) is 1. The number of rotatable bonds is 5. The maximum Gasteiger partial charge on any atom is 0.0731 e. The van der Waals surface area contributed by atoms with E-state index in [-0.39, 0.29) is 34.0 Å². The van der Waals surface area contributed by atoms with Crippen LogP contribution in [0.4, 0.5) is 5.69 Å². The van der Waals surface area contributed by atoms with Crippen LogP contribution >= 0.6 is 0 Å². The highest BCUT2D eigenvalue weighted by molar-refractivity contribution is 5.93. The van der Waals surface area contributed by atoms with Gasteiger partial charge in [-0.3, -0.25) is 4.98 Å². The highest BCUT2D eigenvalue weighted by Crippen LogP contribution is 2.27. The van der Waals surface area contributed by atoms with Crippen molar-refractivity contribution < 1.29 is 34.0 Å². The van der Waals surface area contributed by atoms with Gasteiger partial charge in [-0.25, -0.2) is 4.98 Å². The third kappa shape index (κ3) is 5.00. The Morgan fingerprint density at radius 3 is 2.42 bits per heavy atom. The van der Waals surface area contributed by atoms with Crippen molar-refractivity contribution in [3.05, 3.63) is 54.9 Å². The molecule has 6 heteroatoms. The summed E-state index contributed by atoms with van der Waals surface area (Å²) in [4.78, 5) is 11.0. The van der Waals surface area contributed by atoms with Gasteiger partial charge < -0.3 is 44.2 Å². The van der Waals surface area contributed by atoms with Crippen LogP contribution in [0.15, 0.2) is 54.9 Å². The first-order valence-electron chi connectivity index (χ1n) is 7.43. The van der Waals surface area contributed by atoms with Gasteiger partial charge in [-0.1, -0.05) is 18.2 Å². The van der Waals surface area contributed by atoms with Crippen LogP contribution in [0.1, 0.15) is 0 Å². The average Bonchev–Trinajstić information content (AvgIpc) is 2.55. The zero-order chi connectivity index (χ0) is 15.4. The Balaban J connectivity index is 0.00000144. The molecule has 1 N–H and O–H groups in total. The Kier molecular flexibility index (Phi) is 8.31. The van der Waals surface area contributed by atoms with Gasteiger partial charge in [0.15, 0.2) is 0 Å². The minimum absolute atomic E-state index is 0. The quantitative estimate of drug-likeness (QED) is 0.457. The van der Waals surface area contributed by atoms with Crippen LogP contribution in [0.5, 0.6) is 0 Å². The third-order valence-electron chi connectivity index (χ3n) is 3.57. The average molecular weight is 452 g/mol. The standard InChI is InChI=1S/C18H20N4.2BrH/c1-22(2)12-11-20-18-13-17(14-7-9-19-10-8-14)21-16-6-4-3-5-15(16)18;;/h3-10,13H,11-12H2,1-2H3,(H,20,21);2*1H/p-2. The number of nitrogens with zero attached hydrogens (tertiary/aromatic N) is 3. The molecule has 0 unspecified atom stereocenters. The monoisotopic (exact) mass is 450 g/mol. The molecule has 0 saturated heterocycles. The van der Waals surface area contributed by atoms with Crippen LogP contribution in [-0.2, 0) is 0 Å². The maximum absolute atomic E-state index is 4.77. The zero-order valence-electron chi connectivity index (χ0n) is 13.7. The summed E-state index contributed by atoms with van der Waals surface area (Å²) in [6, 6.07) is 14.3. The minimum atomic E-state index is 0. The molecule has 0 spiro atoms. The van der Waals surface area contributed by atoms with Gasteiger partial charge in [0.1, 0.15) is 0 Å². The van der Waals surface area contributed by atoms with E-state index in [1.807, 2.05) is 24.3 Å². The summed E-state index contributed by atoms with van der Waals surface area (Å²) in [6.07, 6.45) is 3.59. The largest absolute Gasteiger partial charge is 1.00 e. The molecule has 128 valence electrons. The van der Waals surface area contributed by atoms with E-state index in [4.69, 9.17) is 4.98 Å². The van der Waals surface area contributed by atoms with Crippen LogP contribution in [0.3, 0.4) is 0 Å². The molecule has 0 saturated carbocycles. The van der Waals surface area contributed by atoms with Gasteiger partial charge in [0.25, 0.3) is 0 Å². The smallest absolute Gasteiger partial charge is 0.0731 e. The summed E-state index contributed by atoms with van der Waals surface area (Å²) in [5, 5.41) is 4.68. The number of aromatic nitrogens is 2. The van der Waals surface area contributed by atoms with Crippen LogP contribution in [0.2, 0.25) is 0 Å². The molecule has 24 heavy (non-hydrogen) atoms. The molecule has 3 aromatic rings. The van der Waals surface area contributed by atoms with Crippen molar-refractivity contribution in [2.24, 2.45) is 0 Å². The minimum Gasteiger partial charge on any atom is -1.00 e. The molecule has 0 fully saturated rings. The lowest BCUT2D eigenvalue weighted by Crippen LogP contribution is -3.00. The van der Waals surface area contributed by atoms with Gasteiger partial charge in [0.2, 0.25) is 0 Å². The van der Waals surface area contributed by atoms with Gasteiger partial charge in [0, 0.05) is 42.1 Å². The number of benzene rings is 1. The predicted octanol–water partition coefficient (Wildman–Crippen LogP) is -2.72. The van der Waals surface area contributed by atoms with Gasteiger partial charge in [-0.15, -0.1) is 0 Å². The normalized spacial score (nSPS) is 10.1. The van der Waals surface area contributed by atoms with E-state index in [1.54, 1.807) is 12.4 Å². The van der Waals surface area contributed by atoms with E-state index >= 15 is 0 Å². The Labute approximate surface area is 163 Å². The fourth-order valence-electron chi connectivity index (χ4n) is 2.41. The molecule has 0 atom stereocenters. The number of pyridine rings is 2. The summed E-state index contributed by atoms with van der Waals surface area (Å²) in [5.41, 5.74) is 4.17. The summed E-state index contributed by atoms with van der Waals surface area (Å²) in [7, 11) is 4.16. The van der Waals surface area contributed by atoms with Crippen molar-refractivity contribution in [1.29, 1.82) is 0 Å². The maximum atomic E-state index is 4.77. The summed E-state index contributed by atoms with van der Waals surface area (Å²) < 4.78 is 0. The van der Waals surface area contributed by atoms with Crippen LogP contribution in [0, 0.1) is 0 Å². The molecule has 3 rings (SSSR count). The lowest BCUT2D eigenvalue weighted by atomic mass is 10.1. The summed E-state index contributed by atoms with van der Waals surface area (Å²) >= 11 is 0. The van der Waals surface area contributed by atoms with E-state index in [0.29, 0.717) is 0 Å². The molecular formula is C18H20Br2N4-2. The van der Waals surface area contributed by atoms with Crippen LogP contribution in [-0.4, -0.2) is 42.1 Å². The molecule has 2 heterocycles. The molecule has 0 aliphatic rings. The van der Waals surface area contributed by atoms with Crippen molar-refractivity contribution in [3.63, 3.8) is 0 Å². The topological polar surface area (TPSA) is 41.0 Å². The molecule has 0 amide bonds. The van der Waals surface area contributed by atoms with Crippen molar-refractivity contribution in [3.8, 4) is 11.3 Å². The zero-order valence-corrected chi connectivity index (χ0v) is 16.9. The number of anilines is 1. The number of hydrogen-bond donors (Lipinski definition) is 1. The second-order valence-corrected chi connectivity index (χ2v) is 5.54. The first kappa shape index (κ1) is 20.5. The van der Waals surface area contributed by atoms with Gasteiger partial charge in [-0.05, 0) is 38.4 Å². The Bertz CT molecular complexity index is 763. The Morgan fingerprint density at radius 1 is 1.00 bits per heavy atom. The number of fused-ring (bicyclic) bond motifs is 1. The lowest BCUT2D eigenvalue weighted by molar-refractivity contribution is -0.00100. The molecule has 0 bridgehead atoms. The van der Waals surface area contributed by atoms with Crippen LogP contribution in [0.25, 0.3) is 22.2 Å². The number of para-hydroxylation sites is 1. The second kappa shape index (κ2) is 9.71. The fourth-order valence-corrected chi connectivity index (χ4v) is 2.41. The van der Waals surface area contributed by atoms with Crippen molar-refractivity contribution in [2.75, 3.05) is 32.5 Å². The number of hydrogen-bond acceptors (Lipinski definition) is 4. The third-order valence-corrected chi connectivity index (χ3v) is 3.57. The van der Waals surface area contributed by atoms with E-state index in [9.17, 15) is 0 Å². The molecule has 4 nitrogen and oxygen atoms in total. The van der Waals surface area contributed by atoms with E-state index in [1.165, 1.54) is 0 Å². The van der Waals surface area contributed by atoms with Crippen molar-refractivity contribution in [2.45, 2.75) is 0 Å². The molecule has 1 aromatic carbocycles. The first-order chi connectivity index (χ1) is 10.7. The fraction of sp³-hybridized carbons (Fsp3) is 0.222. The molecular weight excluding hydrogens is 432 g/mol. The Hall–Kier alpha value is -1.50. The van der Waals surface area contributed by atoms with Crippen LogP contribution < -0.4 is 39.3 Å². The highest BCUT2D eigenvalue weighted by atomic mass is 79.9. The molecule has 0 radical (unpaired) electrons. The highest BCUT2D eigenvalue weighted by Gasteiger charge is 2.07. The summed E-state index contributed by atoms with van der Waals surface area (Å²) in [6.45, 7) is 1.89. The van der Waals surface area contributed by atoms with Crippen molar-refractivity contribution in [1.82, 2.24) is 14.9 Å². The molecule has 2 aromatic heterocycles. The number of halogens is 2. The van der Waals surface area contributed by atoms with Crippen molar-refractivity contribution >= 4 is 16.6 Å². The van der Waals surface area contributed by atoms with Gasteiger partial charge in [-0.2, -0.15) is 0 Å². The SMILES string of the molecule is CN(C)CCNc1cc(-c2ccncc2)nc2ccccc12.[Br-].[Br-]. The predicted molar refractivity (Wildman–Crippen MR) is 92.0 cm³/mol. The van der Waals surface area contributed by atoms with E-state index in [0.717, 1.165) is 40.9 Å². The lowest BCUT2D eigenvalue weighted by Gasteiger charge is -2.14. The number of likely N-dealkylation sites (N-methyl/N-ethyl adjacent to an activating group) is 1. The molecule has 0 aliphatic heterocycles. The second-order valence-electron chi connectivity index (χ2n) is 5.54. The van der Waals surface area contributed by atoms with E-state index in [2.05, 4.69) is 47.5 Å². The van der Waals surface area contributed by atoms with Gasteiger partial charge in [0.05, 0.1) is 11.2 Å². The Morgan fingerprint density at radius 2 is 1.71 bits per heavy atom. The van der Waals surface area contributed by atoms with Gasteiger partial charge >= 0.3 is 0 Å². The summed E-state index contributed by atoms with van der Waals surface area (Å²) in [5.74, 6) is 0. The first-order valence-corrected chi connectivity index (χ1v) is 7.43.